The summed E-state index contributed by atoms with van der Waals surface area (Å²) in [5.74, 6) is -2.03. The van der Waals surface area contributed by atoms with Crippen molar-refractivity contribution in [2.45, 2.75) is 5.75 Å². The average Bonchev–Trinajstić information content (AvgIpc) is 2.19. The molecule has 0 heterocycles. The molecule has 15 heavy (non-hydrogen) atoms. The minimum absolute atomic E-state index is 0.0679. The molecule has 0 aliphatic heterocycles. The number of hydrogen-bond acceptors (Lipinski definition) is 4. The Labute approximate surface area is 88.3 Å². The summed E-state index contributed by atoms with van der Waals surface area (Å²) >= 11 is -2.45. The predicted octanol–water partition coefficient (Wildman–Crippen LogP) is 0.991. The summed E-state index contributed by atoms with van der Waals surface area (Å²) in [5, 5.41) is 0. The van der Waals surface area contributed by atoms with E-state index in [1.807, 2.05) is 0 Å². The number of halogens is 1. The summed E-state index contributed by atoms with van der Waals surface area (Å²) in [6.45, 7) is 0. The Balaban J connectivity index is 3.19. The second-order valence-corrected chi connectivity index (χ2v) is 3.60. The van der Waals surface area contributed by atoms with E-state index in [2.05, 4.69) is 4.74 Å². The summed E-state index contributed by atoms with van der Waals surface area (Å²) < 4.78 is 38.6. The number of methoxy groups -OCH3 is 1. The predicted molar refractivity (Wildman–Crippen MR) is 50.4 cm³/mol. The maximum absolute atomic E-state index is 13.2. The summed E-state index contributed by atoms with van der Waals surface area (Å²) in [4.78, 5) is 11.2. The van der Waals surface area contributed by atoms with Crippen molar-refractivity contribution in [2.75, 3.05) is 7.11 Å². The van der Waals surface area contributed by atoms with Crippen LogP contribution in [0.3, 0.4) is 0 Å². The molecule has 0 spiro atoms. The Morgan fingerprint density at radius 3 is 2.80 bits per heavy atom. The van der Waals surface area contributed by atoms with Gasteiger partial charge in [-0.1, -0.05) is 17.1 Å². The molecule has 0 aromatic heterocycles. The molecule has 0 saturated carbocycles. The summed E-state index contributed by atoms with van der Waals surface area (Å²) in [6, 6.07) is 3.73. The van der Waals surface area contributed by atoms with E-state index in [4.69, 9.17) is 0 Å². The highest BCUT2D eigenvalue weighted by atomic mass is 32.2. The van der Waals surface area contributed by atoms with Crippen molar-refractivity contribution in [3.63, 3.8) is 0 Å². The van der Waals surface area contributed by atoms with Crippen molar-refractivity contribution >= 4 is 17.0 Å². The van der Waals surface area contributed by atoms with Gasteiger partial charge in [-0.2, -0.15) is 0 Å². The lowest BCUT2D eigenvalue weighted by Crippen LogP contribution is -2.09. The van der Waals surface area contributed by atoms with Gasteiger partial charge in [-0.3, -0.25) is 4.21 Å². The molecule has 0 bridgehead atoms. The first-order valence-electron chi connectivity index (χ1n) is 3.98. The molecule has 1 aromatic carbocycles. The number of esters is 1. The molecule has 1 aromatic rings. The first kappa shape index (κ1) is 11.8. The summed E-state index contributed by atoms with van der Waals surface area (Å²) in [7, 11) is 1.14. The van der Waals surface area contributed by atoms with E-state index in [9.17, 15) is 17.9 Å². The number of hydrogen-bond donors (Lipinski definition) is 0. The lowest BCUT2D eigenvalue weighted by Gasteiger charge is -2.10. The molecular formula is C9H8FO4S-. The number of carbonyl (C=O) groups excluding carboxylic acids is 1. The SMILES string of the molecule is COC(=O)c1cccc(F)c1CS(=O)[O-]. The van der Waals surface area contributed by atoms with Gasteiger partial charge in [0.2, 0.25) is 0 Å². The third-order valence-corrected chi connectivity index (χ3v) is 2.31. The Morgan fingerprint density at radius 1 is 1.60 bits per heavy atom. The maximum atomic E-state index is 13.2. The van der Waals surface area contributed by atoms with Crippen molar-refractivity contribution in [2.24, 2.45) is 0 Å². The van der Waals surface area contributed by atoms with Gasteiger partial charge < -0.3 is 9.29 Å². The van der Waals surface area contributed by atoms with Crippen LogP contribution in [0.1, 0.15) is 15.9 Å². The molecule has 0 saturated heterocycles. The van der Waals surface area contributed by atoms with Crippen LogP contribution in [0.25, 0.3) is 0 Å². The highest BCUT2D eigenvalue weighted by Crippen LogP contribution is 2.16. The molecule has 1 unspecified atom stereocenters. The molecule has 0 aliphatic carbocycles. The van der Waals surface area contributed by atoms with E-state index in [0.29, 0.717) is 0 Å². The molecule has 1 rings (SSSR count). The third kappa shape index (κ3) is 2.84. The van der Waals surface area contributed by atoms with E-state index in [0.717, 1.165) is 13.2 Å². The van der Waals surface area contributed by atoms with E-state index in [1.165, 1.54) is 12.1 Å². The molecule has 1 atom stereocenters. The Bertz CT molecular complexity index is 405. The maximum Gasteiger partial charge on any atom is 0.338 e. The zero-order chi connectivity index (χ0) is 11.4. The first-order valence-corrected chi connectivity index (χ1v) is 5.22. The quantitative estimate of drug-likeness (QED) is 0.574. The van der Waals surface area contributed by atoms with E-state index < -0.39 is 28.6 Å². The lowest BCUT2D eigenvalue weighted by atomic mass is 10.1. The van der Waals surface area contributed by atoms with Crippen molar-refractivity contribution in [1.29, 1.82) is 0 Å². The van der Waals surface area contributed by atoms with Crippen molar-refractivity contribution < 1.29 is 22.7 Å². The average molecular weight is 231 g/mol. The van der Waals surface area contributed by atoms with Crippen LogP contribution in [0.4, 0.5) is 4.39 Å². The molecule has 0 aliphatic rings. The Hall–Kier alpha value is -1.27. The molecule has 4 nitrogen and oxygen atoms in total. The fourth-order valence-corrected chi connectivity index (χ4v) is 1.65. The van der Waals surface area contributed by atoms with Crippen LogP contribution in [0.2, 0.25) is 0 Å². The first-order chi connectivity index (χ1) is 7.06. The van der Waals surface area contributed by atoms with Crippen LogP contribution in [0.5, 0.6) is 0 Å². The number of rotatable bonds is 3. The zero-order valence-corrected chi connectivity index (χ0v) is 8.67. The van der Waals surface area contributed by atoms with Crippen LogP contribution in [0.15, 0.2) is 18.2 Å². The van der Waals surface area contributed by atoms with Crippen molar-refractivity contribution in [3.8, 4) is 0 Å². The molecule has 6 heteroatoms. The van der Waals surface area contributed by atoms with Crippen molar-refractivity contribution in [1.82, 2.24) is 0 Å². The van der Waals surface area contributed by atoms with Gasteiger partial charge in [0.05, 0.1) is 12.7 Å². The molecule has 0 amide bonds. The Kier molecular flexibility index (Phi) is 3.93. The second kappa shape index (κ2) is 4.99. The number of benzene rings is 1. The largest absolute Gasteiger partial charge is 0.772 e. The second-order valence-electron chi connectivity index (χ2n) is 2.71. The highest BCUT2D eigenvalue weighted by Gasteiger charge is 2.15. The Morgan fingerprint density at radius 2 is 2.27 bits per heavy atom. The highest BCUT2D eigenvalue weighted by molar-refractivity contribution is 7.78. The number of carbonyl (C=O) groups is 1. The zero-order valence-electron chi connectivity index (χ0n) is 7.86. The standard InChI is InChI=1S/C9H9FO4S/c1-14-9(11)6-3-2-4-8(10)7(6)5-15(12)13/h2-4H,5H2,1H3,(H,12,13)/p-1. The minimum atomic E-state index is -2.45. The van der Waals surface area contributed by atoms with Gasteiger partial charge in [0, 0.05) is 11.3 Å². The van der Waals surface area contributed by atoms with Crippen LogP contribution < -0.4 is 0 Å². The van der Waals surface area contributed by atoms with Gasteiger partial charge in [-0.25, -0.2) is 9.18 Å². The molecule has 0 fully saturated rings. The van der Waals surface area contributed by atoms with Gasteiger partial charge in [0.25, 0.3) is 0 Å². The smallest absolute Gasteiger partial charge is 0.338 e. The normalized spacial score (nSPS) is 12.2. The fourth-order valence-electron chi connectivity index (χ4n) is 1.12. The monoisotopic (exact) mass is 231 g/mol. The molecule has 0 radical (unpaired) electrons. The fraction of sp³-hybridized carbons (Fsp3) is 0.222. The van der Waals surface area contributed by atoms with Gasteiger partial charge in [0.1, 0.15) is 5.82 Å². The lowest BCUT2D eigenvalue weighted by molar-refractivity contribution is 0.0599. The topological polar surface area (TPSA) is 66.4 Å². The molecule has 0 N–H and O–H groups in total. The third-order valence-electron chi connectivity index (χ3n) is 1.79. The minimum Gasteiger partial charge on any atom is -0.772 e. The molecule has 82 valence electrons. The van der Waals surface area contributed by atoms with Gasteiger partial charge in [-0.15, -0.1) is 0 Å². The van der Waals surface area contributed by atoms with E-state index >= 15 is 0 Å². The van der Waals surface area contributed by atoms with Crippen LogP contribution >= 0.6 is 0 Å². The van der Waals surface area contributed by atoms with Crippen LogP contribution in [-0.2, 0) is 21.6 Å². The summed E-state index contributed by atoms with van der Waals surface area (Å²) in [5.41, 5.74) is -0.237. The van der Waals surface area contributed by atoms with Crippen molar-refractivity contribution in [3.05, 3.63) is 35.1 Å². The van der Waals surface area contributed by atoms with E-state index in [-0.39, 0.29) is 11.1 Å². The summed E-state index contributed by atoms with van der Waals surface area (Å²) in [6.07, 6.45) is 0. The van der Waals surface area contributed by atoms with Gasteiger partial charge >= 0.3 is 5.97 Å². The molecular weight excluding hydrogens is 223 g/mol. The number of ether oxygens (including phenoxy) is 1. The van der Waals surface area contributed by atoms with Gasteiger partial charge in [0.15, 0.2) is 0 Å². The van der Waals surface area contributed by atoms with E-state index in [1.54, 1.807) is 0 Å². The van der Waals surface area contributed by atoms with Crippen LogP contribution in [0, 0.1) is 5.82 Å². The van der Waals surface area contributed by atoms with Gasteiger partial charge in [-0.05, 0) is 12.1 Å². The van der Waals surface area contributed by atoms with Crippen LogP contribution in [-0.4, -0.2) is 21.8 Å².